The third-order valence-corrected chi connectivity index (χ3v) is 3.36. The van der Waals surface area contributed by atoms with Crippen molar-refractivity contribution >= 4 is 11.9 Å². The van der Waals surface area contributed by atoms with E-state index in [0.717, 1.165) is 23.8 Å². The summed E-state index contributed by atoms with van der Waals surface area (Å²) in [5.74, 6) is -1.42. The third kappa shape index (κ3) is 3.12. The zero-order valence-corrected chi connectivity index (χ0v) is 13.2. The Hall–Kier alpha value is -2.77. The number of amides is 1. The summed E-state index contributed by atoms with van der Waals surface area (Å²) in [5, 5.41) is 0. The number of alkyl halides is 3. The summed E-state index contributed by atoms with van der Waals surface area (Å²) in [7, 11) is 3.99. The van der Waals surface area contributed by atoms with E-state index in [1.165, 1.54) is 43.4 Å². The largest absolute Gasteiger partial charge is 0.464 e. The topological polar surface area (TPSA) is 51.5 Å². The second-order valence-corrected chi connectivity index (χ2v) is 5.15. The molecule has 0 aliphatic heterocycles. The number of esters is 1. The molecule has 0 fully saturated rings. The van der Waals surface area contributed by atoms with Gasteiger partial charge < -0.3 is 14.2 Å². The van der Waals surface area contributed by atoms with Crippen LogP contribution in [-0.2, 0) is 10.9 Å². The number of halogens is 3. The van der Waals surface area contributed by atoms with E-state index < -0.39 is 29.3 Å². The summed E-state index contributed by atoms with van der Waals surface area (Å²) in [4.78, 5) is 25.3. The Morgan fingerprint density at radius 2 is 1.79 bits per heavy atom. The lowest BCUT2D eigenvalue weighted by atomic mass is 10.0. The minimum Gasteiger partial charge on any atom is -0.464 e. The van der Waals surface area contributed by atoms with E-state index >= 15 is 0 Å². The molecular weight excluding hydrogens is 325 g/mol. The highest BCUT2D eigenvalue weighted by atomic mass is 19.4. The highest BCUT2D eigenvalue weighted by molar-refractivity contribution is 5.99. The lowest BCUT2D eigenvalue weighted by Crippen LogP contribution is -2.25. The fraction of sp³-hybridized carbons (Fsp3) is 0.250. The van der Waals surface area contributed by atoms with E-state index in [4.69, 9.17) is 0 Å². The first kappa shape index (κ1) is 17.6. The molecule has 0 N–H and O–H groups in total. The van der Waals surface area contributed by atoms with Gasteiger partial charge in [0.25, 0.3) is 5.91 Å². The van der Waals surface area contributed by atoms with Crippen LogP contribution in [0.4, 0.5) is 13.2 Å². The van der Waals surface area contributed by atoms with Gasteiger partial charge in [-0.1, -0.05) is 6.07 Å². The molecule has 0 spiro atoms. The third-order valence-electron chi connectivity index (χ3n) is 3.36. The summed E-state index contributed by atoms with van der Waals surface area (Å²) >= 11 is 0. The number of methoxy groups -OCH3 is 1. The number of ether oxygens (including phenoxy) is 1. The van der Waals surface area contributed by atoms with Gasteiger partial charge in [0.05, 0.1) is 23.9 Å². The van der Waals surface area contributed by atoms with E-state index in [9.17, 15) is 22.8 Å². The lowest BCUT2D eigenvalue weighted by molar-refractivity contribution is -0.137. The zero-order valence-electron chi connectivity index (χ0n) is 13.2. The van der Waals surface area contributed by atoms with Gasteiger partial charge in [-0.25, -0.2) is 4.79 Å². The normalized spacial score (nSPS) is 11.2. The van der Waals surface area contributed by atoms with Gasteiger partial charge >= 0.3 is 12.1 Å². The fourth-order valence-corrected chi connectivity index (χ4v) is 2.29. The molecule has 24 heavy (non-hydrogen) atoms. The van der Waals surface area contributed by atoms with Crippen LogP contribution in [0.5, 0.6) is 0 Å². The molecule has 5 nitrogen and oxygen atoms in total. The average molecular weight is 340 g/mol. The van der Waals surface area contributed by atoms with Crippen molar-refractivity contribution in [3.05, 3.63) is 53.3 Å². The molecule has 8 heteroatoms. The molecule has 0 bridgehead atoms. The Kier molecular flexibility index (Phi) is 4.68. The van der Waals surface area contributed by atoms with Crippen LogP contribution >= 0.6 is 0 Å². The van der Waals surface area contributed by atoms with E-state index in [2.05, 4.69) is 4.74 Å². The fourth-order valence-electron chi connectivity index (χ4n) is 2.29. The number of carbonyl (C=O) groups excluding carboxylic acids is 2. The summed E-state index contributed by atoms with van der Waals surface area (Å²) in [6.45, 7) is 0. The van der Waals surface area contributed by atoms with Crippen LogP contribution in [-0.4, -0.2) is 42.5 Å². The SMILES string of the molecule is COC(=O)c1cccn1-c1c(C(=O)N(C)C)cccc1C(F)(F)F. The highest BCUT2D eigenvalue weighted by Gasteiger charge is 2.36. The van der Waals surface area contributed by atoms with Crippen molar-refractivity contribution < 1.29 is 27.5 Å². The van der Waals surface area contributed by atoms with Crippen LogP contribution in [0.1, 0.15) is 26.4 Å². The number of hydrogen-bond acceptors (Lipinski definition) is 3. The monoisotopic (exact) mass is 340 g/mol. The number of nitrogens with zero attached hydrogens (tertiary/aromatic N) is 2. The molecule has 0 unspecified atom stereocenters. The molecule has 0 saturated carbocycles. The Morgan fingerprint density at radius 1 is 1.12 bits per heavy atom. The summed E-state index contributed by atoms with van der Waals surface area (Å²) in [6.07, 6.45) is -3.42. The van der Waals surface area contributed by atoms with Gasteiger partial charge in [-0.05, 0) is 24.3 Å². The Labute approximate surface area is 136 Å². The molecule has 128 valence electrons. The molecule has 2 aromatic rings. The van der Waals surface area contributed by atoms with Crippen molar-refractivity contribution in [3.63, 3.8) is 0 Å². The van der Waals surface area contributed by atoms with Crippen molar-refractivity contribution in [2.24, 2.45) is 0 Å². The van der Waals surface area contributed by atoms with Crippen LogP contribution in [0.3, 0.4) is 0 Å². The van der Waals surface area contributed by atoms with Gasteiger partial charge in [0.15, 0.2) is 0 Å². The van der Waals surface area contributed by atoms with Crippen LogP contribution in [0.2, 0.25) is 0 Å². The molecule has 0 aliphatic rings. The van der Waals surface area contributed by atoms with Crippen LogP contribution < -0.4 is 0 Å². The maximum absolute atomic E-state index is 13.4. The number of para-hydroxylation sites is 1. The lowest BCUT2D eigenvalue weighted by Gasteiger charge is -2.20. The molecule has 0 aliphatic carbocycles. The van der Waals surface area contributed by atoms with E-state index in [-0.39, 0.29) is 11.3 Å². The number of hydrogen-bond donors (Lipinski definition) is 0. The smallest absolute Gasteiger partial charge is 0.418 e. The van der Waals surface area contributed by atoms with Crippen LogP contribution in [0.25, 0.3) is 5.69 Å². The van der Waals surface area contributed by atoms with Crippen molar-refractivity contribution in [1.82, 2.24) is 9.47 Å². The highest BCUT2D eigenvalue weighted by Crippen LogP contribution is 2.36. The summed E-state index contributed by atoms with van der Waals surface area (Å²) < 4.78 is 45.9. The summed E-state index contributed by atoms with van der Waals surface area (Å²) in [5.41, 5.74) is -1.70. The molecule has 1 aromatic heterocycles. The van der Waals surface area contributed by atoms with E-state index in [1.807, 2.05) is 0 Å². The van der Waals surface area contributed by atoms with Gasteiger partial charge in [0, 0.05) is 20.3 Å². The number of aromatic nitrogens is 1. The molecule has 1 aromatic carbocycles. The van der Waals surface area contributed by atoms with Crippen molar-refractivity contribution in [1.29, 1.82) is 0 Å². The zero-order chi connectivity index (χ0) is 18.1. The first-order valence-corrected chi connectivity index (χ1v) is 6.86. The predicted octanol–water partition coefficient (Wildman–Crippen LogP) is 2.98. The molecule has 1 amide bonds. The second kappa shape index (κ2) is 6.38. The Bertz CT molecular complexity index is 779. The van der Waals surface area contributed by atoms with Crippen molar-refractivity contribution in [2.45, 2.75) is 6.18 Å². The average Bonchev–Trinajstić information content (AvgIpc) is 3.00. The van der Waals surface area contributed by atoms with E-state index in [1.54, 1.807) is 0 Å². The molecule has 0 atom stereocenters. The maximum atomic E-state index is 13.4. The first-order chi connectivity index (χ1) is 11.2. The quantitative estimate of drug-likeness (QED) is 0.807. The van der Waals surface area contributed by atoms with Gasteiger partial charge in [0.2, 0.25) is 0 Å². The minimum absolute atomic E-state index is 0.109. The van der Waals surface area contributed by atoms with Crippen molar-refractivity contribution in [3.8, 4) is 5.69 Å². The van der Waals surface area contributed by atoms with Gasteiger partial charge in [-0.3, -0.25) is 4.79 Å². The number of carbonyl (C=O) groups is 2. The number of rotatable bonds is 3. The van der Waals surface area contributed by atoms with Crippen LogP contribution in [0, 0.1) is 0 Å². The Balaban J connectivity index is 2.82. The van der Waals surface area contributed by atoms with Gasteiger partial charge in [0.1, 0.15) is 5.69 Å². The molecule has 2 rings (SSSR count). The first-order valence-electron chi connectivity index (χ1n) is 6.86. The second-order valence-electron chi connectivity index (χ2n) is 5.15. The standard InChI is InChI=1S/C16H15F3N2O3/c1-20(2)14(22)10-6-4-7-11(16(17,18)19)13(10)21-9-5-8-12(21)15(23)24-3/h4-9H,1-3H3. The van der Waals surface area contributed by atoms with Crippen molar-refractivity contribution in [2.75, 3.05) is 21.2 Å². The molecular formula is C16H15F3N2O3. The van der Waals surface area contributed by atoms with Gasteiger partial charge in [-0.15, -0.1) is 0 Å². The number of benzene rings is 1. The van der Waals surface area contributed by atoms with E-state index in [0.29, 0.717) is 0 Å². The maximum Gasteiger partial charge on any atom is 0.418 e. The molecule has 1 heterocycles. The molecule has 0 saturated heterocycles. The molecule has 0 radical (unpaired) electrons. The predicted molar refractivity (Wildman–Crippen MR) is 80.1 cm³/mol. The van der Waals surface area contributed by atoms with Crippen LogP contribution in [0.15, 0.2) is 36.5 Å². The van der Waals surface area contributed by atoms with Gasteiger partial charge in [-0.2, -0.15) is 13.2 Å². The Morgan fingerprint density at radius 3 is 2.33 bits per heavy atom. The minimum atomic E-state index is -4.70. The summed E-state index contributed by atoms with van der Waals surface area (Å²) in [6, 6.07) is 6.04.